The third-order valence-corrected chi connectivity index (χ3v) is 3.57. The van der Waals surface area contributed by atoms with Crippen molar-refractivity contribution in [3.05, 3.63) is 11.8 Å². The highest BCUT2D eigenvalue weighted by Crippen LogP contribution is 2.31. The molecule has 17 heavy (non-hydrogen) atoms. The zero-order valence-corrected chi connectivity index (χ0v) is 11.0. The van der Waals surface area contributed by atoms with Crippen molar-refractivity contribution < 1.29 is 0 Å². The SMILES string of the molecule is CNc1ncc(C)c(NC2(C)CCCCC2)n1. The Morgan fingerprint density at radius 1 is 1.24 bits per heavy atom. The smallest absolute Gasteiger partial charge is 0.224 e. The largest absolute Gasteiger partial charge is 0.365 e. The number of hydrogen-bond donors (Lipinski definition) is 2. The first kappa shape index (κ1) is 12.1. The van der Waals surface area contributed by atoms with Gasteiger partial charge < -0.3 is 10.6 Å². The summed E-state index contributed by atoms with van der Waals surface area (Å²) in [6.07, 6.45) is 8.31. The second-order valence-electron chi connectivity index (χ2n) is 5.22. The van der Waals surface area contributed by atoms with Crippen molar-refractivity contribution in [2.45, 2.75) is 51.5 Å². The van der Waals surface area contributed by atoms with E-state index >= 15 is 0 Å². The van der Waals surface area contributed by atoms with E-state index in [-0.39, 0.29) is 5.54 Å². The molecular weight excluding hydrogens is 212 g/mol. The number of anilines is 2. The highest BCUT2D eigenvalue weighted by molar-refractivity contribution is 5.48. The number of nitrogens with one attached hydrogen (secondary N) is 2. The van der Waals surface area contributed by atoms with Gasteiger partial charge in [-0.25, -0.2) is 4.98 Å². The van der Waals surface area contributed by atoms with Gasteiger partial charge in [-0.3, -0.25) is 0 Å². The summed E-state index contributed by atoms with van der Waals surface area (Å²) in [5, 5.41) is 6.59. The first-order chi connectivity index (χ1) is 8.13. The molecule has 0 bridgehead atoms. The molecule has 0 spiro atoms. The van der Waals surface area contributed by atoms with Crippen molar-refractivity contribution >= 4 is 11.8 Å². The van der Waals surface area contributed by atoms with E-state index in [1.54, 1.807) is 0 Å². The van der Waals surface area contributed by atoms with E-state index in [4.69, 9.17) is 0 Å². The van der Waals surface area contributed by atoms with Crippen LogP contribution in [0.3, 0.4) is 0 Å². The number of aromatic nitrogens is 2. The lowest BCUT2D eigenvalue weighted by Gasteiger charge is -2.35. The lowest BCUT2D eigenvalue weighted by atomic mass is 9.83. The predicted molar refractivity (Wildman–Crippen MR) is 71.4 cm³/mol. The average molecular weight is 234 g/mol. The van der Waals surface area contributed by atoms with Gasteiger partial charge in [0, 0.05) is 24.3 Å². The fraction of sp³-hybridized carbons (Fsp3) is 0.692. The van der Waals surface area contributed by atoms with Crippen molar-refractivity contribution in [3.63, 3.8) is 0 Å². The van der Waals surface area contributed by atoms with Crippen LogP contribution in [0, 0.1) is 6.92 Å². The van der Waals surface area contributed by atoms with Gasteiger partial charge in [-0.05, 0) is 26.7 Å². The zero-order valence-electron chi connectivity index (χ0n) is 11.0. The van der Waals surface area contributed by atoms with Crippen LogP contribution in [0.2, 0.25) is 0 Å². The minimum atomic E-state index is 0.197. The maximum atomic E-state index is 4.50. The van der Waals surface area contributed by atoms with Crippen molar-refractivity contribution in [1.29, 1.82) is 0 Å². The standard InChI is InChI=1S/C13H22N4/c1-10-9-15-12(14-3)16-11(10)17-13(2)7-5-4-6-8-13/h9H,4-8H2,1-3H3,(H2,14,15,16,17). The molecular formula is C13H22N4. The van der Waals surface area contributed by atoms with Crippen LogP contribution in [0.4, 0.5) is 11.8 Å². The summed E-state index contributed by atoms with van der Waals surface area (Å²) in [6, 6.07) is 0. The van der Waals surface area contributed by atoms with Crippen LogP contribution in [0.1, 0.15) is 44.6 Å². The van der Waals surface area contributed by atoms with Crippen molar-refractivity contribution in [2.75, 3.05) is 17.7 Å². The van der Waals surface area contributed by atoms with E-state index in [1.807, 2.05) is 20.2 Å². The lowest BCUT2D eigenvalue weighted by molar-refractivity contribution is 0.348. The molecule has 1 aliphatic rings. The molecule has 0 saturated heterocycles. The normalized spacial score (nSPS) is 18.8. The number of rotatable bonds is 3. The Morgan fingerprint density at radius 2 is 1.94 bits per heavy atom. The van der Waals surface area contributed by atoms with E-state index in [1.165, 1.54) is 32.1 Å². The number of aryl methyl sites for hydroxylation is 1. The van der Waals surface area contributed by atoms with Crippen LogP contribution >= 0.6 is 0 Å². The van der Waals surface area contributed by atoms with Gasteiger partial charge in [0.25, 0.3) is 0 Å². The first-order valence-corrected chi connectivity index (χ1v) is 6.42. The van der Waals surface area contributed by atoms with Gasteiger partial charge in [-0.1, -0.05) is 19.3 Å². The molecule has 1 aromatic heterocycles. The quantitative estimate of drug-likeness (QED) is 0.844. The maximum Gasteiger partial charge on any atom is 0.224 e. The van der Waals surface area contributed by atoms with Gasteiger partial charge in [0.15, 0.2) is 0 Å². The highest BCUT2D eigenvalue weighted by Gasteiger charge is 2.27. The van der Waals surface area contributed by atoms with Crippen LogP contribution in [0.15, 0.2) is 6.20 Å². The maximum absolute atomic E-state index is 4.50. The highest BCUT2D eigenvalue weighted by atomic mass is 15.1. The molecule has 0 amide bonds. The van der Waals surface area contributed by atoms with Crippen LogP contribution < -0.4 is 10.6 Å². The van der Waals surface area contributed by atoms with Gasteiger partial charge >= 0.3 is 0 Å². The van der Waals surface area contributed by atoms with Crippen molar-refractivity contribution in [3.8, 4) is 0 Å². The Morgan fingerprint density at radius 3 is 2.59 bits per heavy atom. The Kier molecular flexibility index (Phi) is 3.50. The summed E-state index contributed by atoms with van der Waals surface area (Å²) >= 11 is 0. The Bertz CT molecular complexity index is 383. The summed E-state index contributed by atoms with van der Waals surface area (Å²) < 4.78 is 0. The zero-order chi connectivity index (χ0) is 12.3. The molecule has 0 aliphatic heterocycles. The Hall–Kier alpha value is -1.32. The Balaban J connectivity index is 2.16. The summed E-state index contributed by atoms with van der Waals surface area (Å²) in [4.78, 5) is 8.71. The monoisotopic (exact) mass is 234 g/mol. The topological polar surface area (TPSA) is 49.8 Å². The van der Waals surface area contributed by atoms with Gasteiger partial charge in [0.2, 0.25) is 5.95 Å². The molecule has 94 valence electrons. The fourth-order valence-electron chi connectivity index (χ4n) is 2.43. The van der Waals surface area contributed by atoms with Crippen LogP contribution in [0.5, 0.6) is 0 Å². The van der Waals surface area contributed by atoms with Gasteiger partial charge in [-0.2, -0.15) is 4.98 Å². The molecule has 4 nitrogen and oxygen atoms in total. The molecule has 0 radical (unpaired) electrons. The molecule has 1 aliphatic carbocycles. The molecule has 1 fully saturated rings. The second kappa shape index (κ2) is 4.90. The molecule has 1 aromatic rings. The third-order valence-electron chi connectivity index (χ3n) is 3.57. The lowest BCUT2D eigenvalue weighted by Crippen LogP contribution is -2.37. The summed E-state index contributed by atoms with van der Waals surface area (Å²) in [5.41, 5.74) is 1.30. The van der Waals surface area contributed by atoms with Gasteiger partial charge in [0.05, 0.1) is 0 Å². The molecule has 0 unspecified atom stereocenters. The first-order valence-electron chi connectivity index (χ1n) is 6.42. The predicted octanol–water partition coefficient (Wildman–Crippen LogP) is 2.96. The molecule has 0 aromatic carbocycles. The molecule has 1 saturated carbocycles. The van der Waals surface area contributed by atoms with Gasteiger partial charge in [-0.15, -0.1) is 0 Å². The summed E-state index contributed by atoms with van der Waals surface area (Å²) in [7, 11) is 1.84. The number of hydrogen-bond acceptors (Lipinski definition) is 4. The minimum absolute atomic E-state index is 0.197. The molecule has 2 N–H and O–H groups in total. The molecule has 2 rings (SSSR count). The van der Waals surface area contributed by atoms with Crippen molar-refractivity contribution in [1.82, 2.24) is 9.97 Å². The van der Waals surface area contributed by atoms with Gasteiger partial charge in [0.1, 0.15) is 5.82 Å². The third kappa shape index (κ3) is 2.87. The van der Waals surface area contributed by atoms with Crippen LogP contribution in [-0.4, -0.2) is 22.6 Å². The molecule has 1 heterocycles. The minimum Gasteiger partial charge on any atom is -0.365 e. The van der Waals surface area contributed by atoms with E-state index in [0.717, 1.165) is 11.4 Å². The fourth-order valence-corrected chi connectivity index (χ4v) is 2.43. The van der Waals surface area contributed by atoms with Crippen LogP contribution in [-0.2, 0) is 0 Å². The summed E-state index contributed by atoms with van der Waals surface area (Å²) in [6.45, 7) is 4.35. The van der Waals surface area contributed by atoms with Crippen molar-refractivity contribution in [2.24, 2.45) is 0 Å². The Labute approximate surface area is 103 Å². The van der Waals surface area contributed by atoms with E-state index in [2.05, 4.69) is 27.5 Å². The van der Waals surface area contributed by atoms with E-state index < -0.39 is 0 Å². The number of nitrogens with zero attached hydrogens (tertiary/aromatic N) is 2. The van der Waals surface area contributed by atoms with E-state index in [0.29, 0.717) is 5.95 Å². The van der Waals surface area contributed by atoms with Crippen LogP contribution in [0.25, 0.3) is 0 Å². The molecule has 4 heteroatoms. The van der Waals surface area contributed by atoms with E-state index in [9.17, 15) is 0 Å². The molecule has 0 atom stereocenters. The average Bonchev–Trinajstić information content (AvgIpc) is 2.33. The summed E-state index contributed by atoms with van der Waals surface area (Å²) in [5.74, 6) is 1.64. The second-order valence-corrected chi connectivity index (χ2v) is 5.22.